The van der Waals surface area contributed by atoms with Gasteiger partial charge in [0.15, 0.2) is 5.82 Å². The summed E-state index contributed by atoms with van der Waals surface area (Å²) >= 11 is 0. The minimum Gasteiger partial charge on any atom is -0.327 e. The van der Waals surface area contributed by atoms with Gasteiger partial charge in [0.1, 0.15) is 30.3 Å². The van der Waals surface area contributed by atoms with Crippen molar-refractivity contribution in [2.24, 2.45) is 0 Å². The first-order chi connectivity index (χ1) is 9.72. The molecule has 0 atom stereocenters. The predicted octanol–water partition coefficient (Wildman–Crippen LogP) is 1.71. The zero-order chi connectivity index (χ0) is 14.1. The monoisotopic (exact) mass is 270 g/mol. The number of para-hydroxylation sites is 1. The summed E-state index contributed by atoms with van der Waals surface area (Å²) < 4.78 is 17.2. The Hall–Kier alpha value is -2.75. The topological polar surface area (TPSA) is 72.3 Å². The largest absolute Gasteiger partial charge is 0.327 e. The number of rotatable bonds is 3. The maximum Gasteiger partial charge on any atom is 0.252 e. The van der Waals surface area contributed by atoms with Crippen LogP contribution in [0.25, 0.3) is 11.0 Å². The molecule has 1 aromatic carbocycles. The molecule has 2 heterocycles. The van der Waals surface area contributed by atoms with Gasteiger partial charge in [0.2, 0.25) is 0 Å². The Morgan fingerprint density at radius 3 is 2.95 bits per heavy atom. The van der Waals surface area contributed by atoms with E-state index in [4.69, 9.17) is 5.26 Å². The van der Waals surface area contributed by atoms with Crippen LogP contribution in [0.1, 0.15) is 18.6 Å². The standard InChI is InChI=1S/C13H11FN6/c1-2-20-10-5-3-4-9(14)13(10)17-12(20)7-19-8-16-11(6-15)18-19/h3-5,8H,2,7H2,1H3. The minimum absolute atomic E-state index is 0.107. The van der Waals surface area contributed by atoms with Gasteiger partial charge in [-0.15, -0.1) is 5.10 Å². The van der Waals surface area contributed by atoms with Gasteiger partial charge in [-0.05, 0) is 19.1 Å². The molecule has 20 heavy (non-hydrogen) atoms. The van der Waals surface area contributed by atoms with E-state index in [1.807, 2.05) is 23.6 Å². The number of hydrogen-bond donors (Lipinski definition) is 0. The van der Waals surface area contributed by atoms with E-state index in [-0.39, 0.29) is 11.6 Å². The van der Waals surface area contributed by atoms with E-state index < -0.39 is 0 Å². The maximum atomic E-state index is 13.8. The molecule has 0 saturated carbocycles. The van der Waals surface area contributed by atoms with Gasteiger partial charge in [0.25, 0.3) is 5.82 Å². The van der Waals surface area contributed by atoms with E-state index in [9.17, 15) is 4.39 Å². The molecule has 3 rings (SSSR count). The van der Waals surface area contributed by atoms with Gasteiger partial charge in [-0.25, -0.2) is 19.0 Å². The highest BCUT2D eigenvalue weighted by Crippen LogP contribution is 2.19. The number of benzene rings is 1. The fourth-order valence-electron chi connectivity index (χ4n) is 2.20. The van der Waals surface area contributed by atoms with Crippen LogP contribution < -0.4 is 0 Å². The highest BCUT2D eigenvalue weighted by molar-refractivity contribution is 5.76. The molecule has 0 saturated heterocycles. The molecule has 6 nitrogen and oxygen atoms in total. The summed E-state index contributed by atoms with van der Waals surface area (Å²) in [5, 5.41) is 12.7. The lowest BCUT2D eigenvalue weighted by Gasteiger charge is -2.05. The van der Waals surface area contributed by atoms with Crippen molar-refractivity contribution < 1.29 is 4.39 Å². The molecule has 3 aromatic rings. The summed E-state index contributed by atoms with van der Waals surface area (Å²) in [6.07, 6.45) is 1.47. The second-order valence-corrected chi connectivity index (χ2v) is 4.26. The molecule has 7 heteroatoms. The van der Waals surface area contributed by atoms with Crippen molar-refractivity contribution in [3.05, 3.63) is 42.0 Å². The molecule has 2 aromatic heterocycles. The molecule has 100 valence electrons. The summed E-state index contributed by atoms with van der Waals surface area (Å²) in [5.41, 5.74) is 1.10. The number of nitrogens with zero attached hydrogens (tertiary/aromatic N) is 6. The van der Waals surface area contributed by atoms with Gasteiger partial charge in [-0.1, -0.05) is 6.07 Å². The second kappa shape index (κ2) is 4.74. The zero-order valence-electron chi connectivity index (χ0n) is 10.8. The first-order valence-corrected chi connectivity index (χ1v) is 6.16. The van der Waals surface area contributed by atoms with Gasteiger partial charge in [0.05, 0.1) is 5.52 Å². The number of nitriles is 1. The number of aryl methyl sites for hydroxylation is 1. The molecule has 0 aliphatic carbocycles. The van der Waals surface area contributed by atoms with Crippen molar-refractivity contribution in [3.8, 4) is 6.07 Å². The van der Waals surface area contributed by atoms with E-state index in [1.54, 1.807) is 6.07 Å². The first-order valence-electron chi connectivity index (χ1n) is 6.16. The maximum absolute atomic E-state index is 13.8. The molecule has 0 fully saturated rings. The van der Waals surface area contributed by atoms with Crippen LogP contribution in [0.5, 0.6) is 0 Å². The van der Waals surface area contributed by atoms with Crippen molar-refractivity contribution in [2.45, 2.75) is 20.0 Å². The second-order valence-electron chi connectivity index (χ2n) is 4.26. The third kappa shape index (κ3) is 1.91. The Kier molecular flexibility index (Phi) is 2.91. The van der Waals surface area contributed by atoms with Crippen molar-refractivity contribution in [3.63, 3.8) is 0 Å². The molecule has 0 unspecified atom stereocenters. The highest BCUT2D eigenvalue weighted by atomic mass is 19.1. The van der Waals surface area contributed by atoms with Crippen LogP contribution in [-0.4, -0.2) is 24.3 Å². The van der Waals surface area contributed by atoms with Crippen molar-refractivity contribution in [2.75, 3.05) is 0 Å². The number of fused-ring (bicyclic) bond motifs is 1. The number of hydrogen-bond acceptors (Lipinski definition) is 4. The fraction of sp³-hybridized carbons (Fsp3) is 0.231. The molecular weight excluding hydrogens is 259 g/mol. The van der Waals surface area contributed by atoms with Gasteiger partial charge in [0, 0.05) is 6.54 Å². The lowest BCUT2D eigenvalue weighted by atomic mass is 10.3. The van der Waals surface area contributed by atoms with Crippen LogP contribution in [0.3, 0.4) is 0 Å². The quantitative estimate of drug-likeness (QED) is 0.726. The molecular formula is C13H11FN6. The Morgan fingerprint density at radius 2 is 2.25 bits per heavy atom. The summed E-state index contributed by atoms with van der Waals surface area (Å²) in [5.74, 6) is 0.449. The van der Waals surface area contributed by atoms with Crippen LogP contribution in [0.2, 0.25) is 0 Å². The van der Waals surface area contributed by atoms with Gasteiger partial charge >= 0.3 is 0 Å². The van der Waals surface area contributed by atoms with Crippen molar-refractivity contribution in [1.82, 2.24) is 24.3 Å². The normalized spacial score (nSPS) is 10.8. The van der Waals surface area contributed by atoms with Crippen LogP contribution in [0, 0.1) is 17.1 Å². The summed E-state index contributed by atoms with van der Waals surface area (Å²) in [7, 11) is 0. The Labute approximate surface area is 114 Å². The highest BCUT2D eigenvalue weighted by Gasteiger charge is 2.13. The summed E-state index contributed by atoms with van der Waals surface area (Å²) in [6, 6.07) is 6.76. The van der Waals surface area contributed by atoms with Crippen molar-refractivity contribution >= 4 is 11.0 Å². The number of aromatic nitrogens is 5. The van der Waals surface area contributed by atoms with Crippen molar-refractivity contribution in [1.29, 1.82) is 5.26 Å². The fourth-order valence-corrected chi connectivity index (χ4v) is 2.20. The molecule has 0 spiro atoms. The van der Waals surface area contributed by atoms with E-state index >= 15 is 0 Å². The van der Waals surface area contributed by atoms with Gasteiger partial charge < -0.3 is 4.57 Å². The van der Waals surface area contributed by atoms with Crippen LogP contribution in [0.4, 0.5) is 4.39 Å². The third-order valence-corrected chi connectivity index (χ3v) is 3.06. The van der Waals surface area contributed by atoms with E-state index in [2.05, 4.69) is 15.1 Å². The Bertz CT molecular complexity index is 810. The van der Waals surface area contributed by atoms with E-state index in [1.165, 1.54) is 17.1 Å². The van der Waals surface area contributed by atoms with E-state index in [0.717, 1.165) is 5.52 Å². The van der Waals surface area contributed by atoms with Crippen LogP contribution in [-0.2, 0) is 13.1 Å². The average Bonchev–Trinajstić information content (AvgIpc) is 3.04. The molecule has 0 bridgehead atoms. The lowest BCUT2D eigenvalue weighted by Crippen LogP contribution is -2.08. The first kappa shape index (κ1) is 12.3. The zero-order valence-corrected chi connectivity index (χ0v) is 10.8. The molecule has 0 radical (unpaired) electrons. The average molecular weight is 270 g/mol. The minimum atomic E-state index is -0.341. The molecule has 0 amide bonds. The molecule has 0 N–H and O–H groups in total. The predicted molar refractivity (Wildman–Crippen MR) is 69.2 cm³/mol. The third-order valence-electron chi connectivity index (χ3n) is 3.06. The summed E-state index contributed by atoms with van der Waals surface area (Å²) in [4.78, 5) is 8.17. The van der Waals surface area contributed by atoms with Gasteiger partial charge in [-0.2, -0.15) is 5.26 Å². The summed E-state index contributed by atoms with van der Waals surface area (Å²) in [6.45, 7) is 2.99. The number of imidazole rings is 1. The van der Waals surface area contributed by atoms with Crippen LogP contribution >= 0.6 is 0 Å². The Morgan fingerprint density at radius 1 is 1.40 bits per heavy atom. The van der Waals surface area contributed by atoms with Gasteiger partial charge in [-0.3, -0.25) is 0 Å². The lowest BCUT2D eigenvalue weighted by molar-refractivity contribution is 0.611. The smallest absolute Gasteiger partial charge is 0.252 e. The molecule has 0 aliphatic rings. The van der Waals surface area contributed by atoms with E-state index in [0.29, 0.717) is 24.4 Å². The number of halogens is 1. The Balaban J connectivity index is 2.07. The molecule has 0 aliphatic heterocycles. The van der Waals surface area contributed by atoms with Crippen LogP contribution in [0.15, 0.2) is 24.5 Å². The SMILES string of the molecule is CCn1c(Cn2cnc(C#N)n2)nc2c(F)cccc21.